The molecular formula is C10H17N3O2. The third kappa shape index (κ3) is 3.83. The van der Waals surface area contributed by atoms with Crippen LogP contribution in [0.5, 0.6) is 0 Å². The van der Waals surface area contributed by atoms with Gasteiger partial charge in [-0.15, -0.1) is 0 Å². The third-order valence-corrected chi connectivity index (χ3v) is 2.03. The van der Waals surface area contributed by atoms with Gasteiger partial charge < -0.3 is 15.2 Å². The largest absolute Gasteiger partial charge is 0.395 e. The molecule has 0 fully saturated rings. The van der Waals surface area contributed by atoms with E-state index in [0.717, 1.165) is 5.56 Å². The second kappa shape index (κ2) is 6.34. The molecule has 0 aromatic carbocycles. The van der Waals surface area contributed by atoms with E-state index < -0.39 is 0 Å². The van der Waals surface area contributed by atoms with Crippen molar-refractivity contribution in [3.63, 3.8) is 0 Å². The number of hydrogen-bond acceptors (Lipinski definition) is 4. The van der Waals surface area contributed by atoms with Gasteiger partial charge in [-0.2, -0.15) is 5.10 Å². The van der Waals surface area contributed by atoms with Gasteiger partial charge in [0.05, 0.1) is 25.5 Å². The molecule has 0 bridgehead atoms. The Morgan fingerprint density at radius 3 is 3.13 bits per heavy atom. The zero-order chi connectivity index (χ0) is 11.1. The Hall–Kier alpha value is -1.17. The van der Waals surface area contributed by atoms with Gasteiger partial charge in [0, 0.05) is 31.6 Å². The second-order valence-corrected chi connectivity index (χ2v) is 3.23. The minimum Gasteiger partial charge on any atom is -0.395 e. The fourth-order valence-electron chi connectivity index (χ4n) is 1.21. The van der Waals surface area contributed by atoms with Gasteiger partial charge in [-0.25, -0.2) is 4.68 Å². The van der Waals surface area contributed by atoms with Crippen LogP contribution in [0.15, 0.2) is 19.0 Å². The predicted octanol–water partition coefficient (Wildman–Crippen LogP) is 0.0805. The lowest BCUT2D eigenvalue weighted by Gasteiger charge is -2.13. The minimum atomic E-state index is -0.0397. The maximum absolute atomic E-state index is 9.01. The quantitative estimate of drug-likeness (QED) is 0.670. The summed E-state index contributed by atoms with van der Waals surface area (Å²) in [6.07, 6.45) is 5.26. The summed E-state index contributed by atoms with van der Waals surface area (Å²) in [5.41, 5.74) is 1.05. The summed E-state index contributed by atoms with van der Waals surface area (Å²) in [7, 11) is 1.61. The lowest BCUT2D eigenvalue weighted by atomic mass is 10.3. The maximum atomic E-state index is 9.01. The first kappa shape index (κ1) is 11.9. The SMILES string of the molecule is C=Cn1cc(CNC(CO)COC)cn1. The monoisotopic (exact) mass is 211 g/mol. The minimum absolute atomic E-state index is 0.0397. The van der Waals surface area contributed by atoms with E-state index in [1.165, 1.54) is 0 Å². The van der Waals surface area contributed by atoms with Crippen molar-refractivity contribution >= 4 is 6.20 Å². The Balaban J connectivity index is 2.37. The Morgan fingerprint density at radius 1 is 1.80 bits per heavy atom. The highest BCUT2D eigenvalue weighted by Crippen LogP contribution is 1.98. The van der Waals surface area contributed by atoms with Crippen molar-refractivity contribution in [3.05, 3.63) is 24.5 Å². The molecule has 1 rings (SSSR count). The Bertz CT molecular complexity index is 299. The Labute approximate surface area is 89.4 Å². The van der Waals surface area contributed by atoms with E-state index in [1.54, 1.807) is 24.2 Å². The van der Waals surface area contributed by atoms with E-state index in [-0.39, 0.29) is 12.6 Å². The molecule has 0 spiro atoms. The van der Waals surface area contributed by atoms with Gasteiger partial charge in [0.25, 0.3) is 0 Å². The molecule has 1 heterocycles. The maximum Gasteiger partial charge on any atom is 0.0638 e. The van der Waals surface area contributed by atoms with Crippen LogP contribution in [0.2, 0.25) is 0 Å². The zero-order valence-corrected chi connectivity index (χ0v) is 8.89. The third-order valence-electron chi connectivity index (χ3n) is 2.03. The first-order valence-electron chi connectivity index (χ1n) is 4.79. The molecule has 0 aliphatic heterocycles. The summed E-state index contributed by atoms with van der Waals surface area (Å²) in [4.78, 5) is 0. The van der Waals surface area contributed by atoms with E-state index in [9.17, 15) is 0 Å². The van der Waals surface area contributed by atoms with E-state index >= 15 is 0 Å². The van der Waals surface area contributed by atoms with Crippen molar-refractivity contribution in [3.8, 4) is 0 Å². The summed E-state index contributed by atoms with van der Waals surface area (Å²) < 4.78 is 6.59. The van der Waals surface area contributed by atoms with Gasteiger partial charge in [0.15, 0.2) is 0 Å². The molecule has 15 heavy (non-hydrogen) atoms. The number of aromatic nitrogens is 2. The van der Waals surface area contributed by atoms with Crippen molar-refractivity contribution in [2.24, 2.45) is 0 Å². The number of hydrogen-bond donors (Lipinski definition) is 2. The smallest absolute Gasteiger partial charge is 0.0638 e. The summed E-state index contributed by atoms with van der Waals surface area (Å²) in [5.74, 6) is 0. The highest BCUT2D eigenvalue weighted by atomic mass is 16.5. The number of ether oxygens (including phenoxy) is 1. The molecule has 0 saturated heterocycles. The molecule has 84 valence electrons. The van der Waals surface area contributed by atoms with Crippen LogP contribution < -0.4 is 5.32 Å². The van der Waals surface area contributed by atoms with E-state index in [4.69, 9.17) is 9.84 Å². The molecule has 2 N–H and O–H groups in total. The lowest BCUT2D eigenvalue weighted by Crippen LogP contribution is -2.35. The lowest BCUT2D eigenvalue weighted by molar-refractivity contribution is 0.128. The topological polar surface area (TPSA) is 59.3 Å². The predicted molar refractivity (Wildman–Crippen MR) is 58.2 cm³/mol. The molecule has 0 saturated carbocycles. The van der Waals surface area contributed by atoms with Crippen molar-refractivity contribution in [1.82, 2.24) is 15.1 Å². The zero-order valence-electron chi connectivity index (χ0n) is 8.89. The van der Waals surface area contributed by atoms with Crippen molar-refractivity contribution in [2.45, 2.75) is 12.6 Å². The highest BCUT2D eigenvalue weighted by Gasteiger charge is 2.06. The summed E-state index contributed by atoms with van der Waals surface area (Å²) in [6.45, 7) is 4.81. The summed E-state index contributed by atoms with van der Waals surface area (Å²) >= 11 is 0. The molecule has 0 amide bonds. The average Bonchev–Trinajstić information content (AvgIpc) is 2.72. The molecule has 5 nitrogen and oxygen atoms in total. The van der Waals surface area contributed by atoms with Gasteiger partial charge in [-0.05, 0) is 0 Å². The molecule has 5 heteroatoms. The molecule has 0 radical (unpaired) electrons. The normalized spacial score (nSPS) is 12.7. The molecule has 1 atom stereocenters. The van der Waals surface area contributed by atoms with Gasteiger partial charge in [0.1, 0.15) is 0 Å². The molecular weight excluding hydrogens is 194 g/mol. The fraction of sp³-hybridized carbons (Fsp3) is 0.500. The number of methoxy groups -OCH3 is 1. The van der Waals surface area contributed by atoms with Gasteiger partial charge >= 0.3 is 0 Å². The van der Waals surface area contributed by atoms with Crippen molar-refractivity contribution in [1.29, 1.82) is 0 Å². The second-order valence-electron chi connectivity index (χ2n) is 3.23. The van der Waals surface area contributed by atoms with Crippen LogP contribution in [0.4, 0.5) is 0 Å². The molecule has 0 aliphatic rings. The van der Waals surface area contributed by atoms with Crippen LogP contribution in [0.3, 0.4) is 0 Å². The number of aliphatic hydroxyl groups is 1. The van der Waals surface area contributed by atoms with Crippen LogP contribution in [-0.4, -0.2) is 41.3 Å². The summed E-state index contributed by atoms with van der Waals surface area (Å²) in [5, 5.41) is 16.2. The van der Waals surface area contributed by atoms with Crippen LogP contribution in [0.25, 0.3) is 6.20 Å². The van der Waals surface area contributed by atoms with Gasteiger partial charge in [-0.3, -0.25) is 0 Å². The van der Waals surface area contributed by atoms with Crippen LogP contribution in [0.1, 0.15) is 5.56 Å². The van der Waals surface area contributed by atoms with Crippen molar-refractivity contribution < 1.29 is 9.84 Å². The molecule has 1 aromatic heterocycles. The van der Waals surface area contributed by atoms with Gasteiger partial charge in [-0.1, -0.05) is 6.58 Å². The first-order chi connectivity index (χ1) is 7.30. The number of aliphatic hydroxyl groups excluding tert-OH is 1. The summed E-state index contributed by atoms with van der Waals surface area (Å²) in [6, 6.07) is -0.0397. The molecule has 1 aromatic rings. The van der Waals surface area contributed by atoms with Crippen LogP contribution in [-0.2, 0) is 11.3 Å². The molecule has 0 aliphatic carbocycles. The number of rotatable bonds is 7. The number of nitrogens with zero attached hydrogens (tertiary/aromatic N) is 2. The van der Waals surface area contributed by atoms with Crippen LogP contribution >= 0.6 is 0 Å². The Morgan fingerprint density at radius 2 is 2.60 bits per heavy atom. The van der Waals surface area contributed by atoms with Crippen molar-refractivity contribution in [2.75, 3.05) is 20.3 Å². The standard InChI is InChI=1S/C10H17N3O2/c1-3-13-6-9(5-12-13)4-11-10(7-14)8-15-2/h3,5-6,10-11,14H,1,4,7-8H2,2H3. The Kier molecular flexibility index (Phi) is 5.03. The van der Waals surface area contributed by atoms with Gasteiger partial charge in [0.2, 0.25) is 0 Å². The van der Waals surface area contributed by atoms with Crippen LogP contribution in [0, 0.1) is 0 Å². The van der Waals surface area contributed by atoms with E-state index in [0.29, 0.717) is 13.2 Å². The van der Waals surface area contributed by atoms with E-state index in [2.05, 4.69) is 17.0 Å². The molecule has 1 unspecified atom stereocenters. The first-order valence-corrected chi connectivity index (χ1v) is 4.79. The number of nitrogens with one attached hydrogen (secondary N) is 1. The fourth-order valence-corrected chi connectivity index (χ4v) is 1.21. The average molecular weight is 211 g/mol. The highest BCUT2D eigenvalue weighted by molar-refractivity contribution is 5.17. The van der Waals surface area contributed by atoms with E-state index in [1.807, 2.05) is 6.20 Å².